The molecule has 2 aliphatic rings. The molecule has 0 bridgehead atoms. The summed E-state index contributed by atoms with van der Waals surface area (Å²) in [6.07, 6.45) is 6.65. The summed E-state index contributed by atoms with van der Waals surface area (Å²) in [5, 5.41) is 0. The van der Waals surface area contributed by atoms with Gasteiger partial charge in [0.25, 0.3) is 0 Å². The van der Waals surface area contributed by atoms with Gasteiger partial charge in [-0.25, -0.2) is 9.37 Å². The number of imidazole rings is 1. The Kier molecular flexibility index (Phi) is 4.63. The van der Waals surface area contributed by atoms with E-state index in [2.05, 4.69) is 25.5 Å². The van der Waals surface area contributed by atoms with Gasteiger partial charge in [-0.15, -0.1) is 0 Å². The molecule has 1 atom stereocenters. The van der Waals surface area contributed by atoms with E-state index in [4.69, 9.17) is 0 Å². The zero-order valence-corrected chi connectivity index (χ0v) is 14.1. The van der Waals surface area contributed by atoms with E-state index < -0.39 is 0 Å². The topological polar surface area (TPSA) is 24.3 Å². The molecule has 0 N–H and O–H groups in total. The fourth-order valence-corrected chi connectivity index (χ4v) is 4.08. The number of nitrogens with zero attached hydrogens (tertiary/aromatic N) is 4. The largest absolute Gasteiger partial charge is 0.333 e. The molecule has 1 saturated heterocycles. The molecule has 0 spiro atoms. The molecule has 5 heteroatoms. The van der Waals surface area contributed by atoms with Gasteiger partial charge in [0.1, 0.15) is 11.6 Å². The van der Waals surface area contributed by atoms with E-state index >= 15 is 0 Å². The molecule has 24 heavy (non-hydrogen) atoms. The molecule has 4 rings (SSSR count). The first-order valence-electron chi connectivity index (χ1n) is 8.95. The van der Waals surface area contributed by atoms with E-state index in [1.165, 1.54) is 32.0 Å². The quantitative estimate of drug-likeness (QED) is 0.862. The summed E-state index contributed by atoms with van der Waals surface area (Å²) in [5.74, 6) is 1.56. The lowest BCUT2D eigenvalue weighted by atomic mass is 10.1. The lowest BCUT2D eigenvalue weighted by Gasteiger charge is -2.27. The molecule has 1 aromatic carbocycles. The van der Waals surface area contributed by atoms with Crippen molar-refractivity contribution >= 4 is 0 Å². The predicted octanol–water partition coefficient (Wildman–Crippen LogP) is 2.75. The standard InChI is InChI=1S/C19H25FN4/c20-18-5-3-4-16(10-18)11-23-13-17(12-22-7-1-2-8-22)14-24-9-6-21-19(24)15-23/h3-6,9-10,17H,1-2,7-8,11-15H2. The fraction of sp³-hybridized carbons (Fsp3) is 0.526. The summed E-state index contributed by atoms with van der Waals surface area (Å²) >= 11 is 0. The lowest BCUT2D eigenvalue weighted by Crippen LogP contribution is -2.35. The summed E-state index contributed by atoms with van der Waals surface area (Å²) < 4.78 is 15.8. The summed E-state index contributed by atoms with van der Waals surface area (Å²) in [6.45, 7) is 7.30. The van der Waals surface area contributed by atoms with Gasteiger partial charge in [0.15, 0.2) is 0 Å². The van der Waals surface area contributed by atoms with Gasteiger partial charge >= 0.3 is 0 Å². The van der Waals surface area contributed by atoms with Crippen LogP contribution in [-0.4, -0.2) is 45.5 Å². The van der Waals surface area contributed by atoms with Crippen LogP contribution in [0.2, 0.25) is 0 Å². The van der Waals surface area contributed by atoms with Crippen LogP contribution in [0.1, 0.15) is 24.2 Å². The summed E-state index contributed by atoms with van der Waals surface area (Å²) in [7, 11) is 0. The normalized spacial score (nSPS) is 22.5. The number of likely N-dealkylation sites (tertiary alicyclic amines) is 1. The second kappa shape index (κ2) is 7.03. The molecule has 1 unspecified atom stereocenters. The van der Waals surface area contributed by atoms with Gasteiger partial charge in [0.05, 0.1) is 6.54 Å². The van der Waals surface area contributed by atoms with Crippen LogP contribution < -0.4 is 0 Å². The van der Waals surface area contributed by atoms with Gasteiger partial charge in [-0.05, 0) is 43.6 Å². The van der Waals surface area contributed by atoms with E-state index in [1.807, 2.05) is 12.3 Å². The lowest BCUT2D eigenvalue weighted by molar-refractivity contribution is 0.182. The van der Waals surface area contributed by atoms with Gasteiger partial charge in [-0.3, -0.25) is 4.90 Å². The number of aromatic nitrogens is 2. The Bertz CT molecular complexity index is 678. The Morgan fingerprint density at radius 1 is 1.12 bits per heavy atom. The summed E-state index contributed by atoms with van der Waals surface area (Å²) in [6, 6.07) is 6.96. The Morgan fingerprint density at radius 2 is 2.00 bits per heavy atom. The molecule has 128 valence electrons. The monoisotopic (exact) mass is 328 g/mol. The Morgan fingerprint density at radius 3 is 2.83 bits per heavy atom. The molecule has 0 radical (unpaired) electrons. The maximum atomic E-state index is 13.5. The van der Waals surface area contributed by atoms with Gasteiger partial charge < -0.3 is 9.47 Å². The van der Waals surface area contributed by atoms with Gasteiger partial charge in [-0.1, -0.05) is 12.1 Å². The minimum Gasteiger partial charge on any atom is -0.333 e. The molecule has 1 aromatic heterocycles. The second-order valence-corrected chi connectivity index (χ2v) is 7.17. The SMILES string of the molecule is Fc1cccc(CN2Cc3nccn3CC(CN3CCCC3)C2)c1. The van der Waals surface area contributed by atoms with Gasteiger partial charge in [0, 0.05) is 44.5 Å². The summed E-state index contributed by atoms with van der Waals surface area (Å²) in [5.41, 5.74) is 1.04. The molecule has 4 nitrogen and oxygen atoms in total. The van der Waals surface area contributed by atoms with E-state index in [9.17, 15) is 4.39 Å². The van der Waals surface area contributed by atoms with Crippen LogP contribution in [0.25, 0.3) is 0 Å². The fourth-order valence-electron chi connectivity index (χ4n) is 4.08. The van der Waals surface area contributed by atoms with E-state index in [0.717, 1.165) is 44.1 Å². The van der Waals surface area contributed by atoms with E-state index in [0.29, 0.717) is 5.92 Å². The molecule has 0 saturated carbocycles. The number of rotatable bonds is 4. The van der Waals surface area contributed by atoms with Crippen LogP contribution in [-0.2, 0) is 19.6 Å². The Balaban J connectivity index is 1.50. The minimum atomic E-state index is -0.155. The highest BCUT2D eigenvalue weighted by atomic mass is 19.1. The molecule has 3 heterocycles. The third kappa shape index (κ3) is 3.68. The average Bonchev–Trinajstić information content (AvgIpc) is 3.17. The van der Waals surface area contributed by atoms with Crippen LogP contribution in [0.3, 0.4) is 0 Å². The van der Waals surface area contributed by atoms with Crippen LogP contribution >= 0.6 is 0 Å². The first-order chi connectivity index (χ1) is 11.8. The zero-order valence-electron chi connectivity index (χ0n) is 14.1. The smallest absolute Gasteiger partial charge is 0.123 e. The highest BCUT2D eigenvalue weighted by Gasteiger charge is 2.25. The first kappa shape index (κ1) is 15.8. The highest BCUT2D eigenvalue weighted by Crippen LogP contribution is 2.20. The highest BCUT2D eigenvalue weighted by molar-refractivity contribution is 5.16. The number of hydrogen-bond acceptors (Lipinski definition) is 3. The molecular weight excluding hydrogens is 303 g/mol. The van der Waals surface area contributed by atoms with Crippen molar-refractivity contribution in [3.05, 3.63) is 53.9 Å². The average molecular weight is 328 g/mol. The third-order valence-corrected chi connectivity index (χ3v) is 5.15. The molecular formula is C19H25FN4. The molecule has 1 fully saturated rings. The van der Waals surface area contributed by atoms with Crippen molar-refractivity contribution in [1.29, 1.82) is 0 Å². The van der Waals surface area contributed by atoms with Crippen molar-refractivity contribution < 1.29 is 4.39 Å². The van der Waals surface area contributed by atoms with E-state index in [-0.39, 0.29) is 5.82 Å². The van der Waals surface area contributed by atoms with Crippen LogP contribution in [0.15, 0.2) is 36.7 Å². The third-order valence-electron chi connectivity index (χ3n) is 5.15. The van der Waals surface area contributed by atoms with Gasteiger partial charge in [-0.2, -0.15) is 0 Å². The van der Waals surface area contributed by atoms with Gasteiger partial charge in [0.2, 0.25) is 0 Å². The van der Waals surface area contributed by atoms with Crippen molar-refractivity contribution in [3.63, 3.8) is 0 Å². The Hall–Kier alpha value is -1.72. The van der Waals surface area contributed by atoms with E-state index in [1.54, 1.807) is 12.1 Å². The maximum absolute atomic E-state index is 13.5. The molecule has 0 aliphatic carbocycles. The predicted molar refractivity (Wildman–Crippen MR) is 91.9 cm³/mol. The van der Waals surface area contributed by atoms with Crippen LogP contribution in [0.5, 0.6) is 0 Å². The molecule has 0 amide bonds. The second-order valence-electron chi connectivity index (χ2n) is 7.17. The van der Waals surface area contributed by atoms with Crippen molar-refractivity contribution in [2.45, 2.75) is 32.5 Å². The number of hydrogen-bond donors (Lipinski definition) is 0. The van der Waals surface area contributed by atoms with Crippen LogP contribution in [0, 0.1) is 11.7 Å². The van der Waals surface area contributed by atoms with Crippen molar-refractivity contribution in [3.8, 4) is 0 Å². The van der Waals surface area contributed by atoms with Crippen molar-refractivity contribution in [2.75, 3.05) is 26.2 Å². The summed E-state index contributed by atoms with van der Waals surface area (Å²) in [4.78, 5) is 9.53. The Labute approximate surface area is 142 Å². The number of benzene rings is 1. The number of fused-ring (bicyclic) bond motifs is 1. The zero-order chi connectivity index (χ0) is 16.4. The van der Waals surface area contributed by atoms with Crippen LogP contribution in [0.4, 0.5) is 4.39 Å². The number of halogens is 1. The molecule has 2 aromatic rings. The first-order valence-corrected chi connectivity index (χ1v) is 8.95. The molecule has 2 aliphatic heterocycles. The minimum absolute atomic E-state index is 0.155. The maximum Gasteiger partial charge on any atom is 0.123 e. The van der Waals surface area contributed by atoms with Crippen molar-refractivity contribution in [2.24, 2.45) is 5.92 Å². The van der Waals surface area contributed by atoms with Crippen molar-refractivity contribution in [1.82, 2.24) is 19.4 Å².